The van der Waals surface area contributed by atoms with Crippen molar-refractivity contribution >= 4 is 15.9 Å². The summed E-state index contributed by atoms with van der Waals surface area (Å²) in [5, 5.41) is 0. The van der Waals surface area contributed by atoms with Gasteiger partial charge in [-0.25, -0.2) is 4.98 Å². The lowest BCUT2D eigenvalue weighted by molar-refractivity contribution is 0.684. The Kier molecular flexibility index (Phi) is 3.75. The minimum atomic E-state index is 0.769. The van der Waals surface area contributed by atoms with E-state index in [0.29, 0.717) is 0 Å². The number of aryl methyl sites for hydroxylation is 1. The van der Waals surface area contributed by atoms with Gasteiger partial charge in [0.05, 0.1) is 6.20 Å². The lowest BCUT2D eigenvalue weighted by Crippen LogP contribution is -2.02. The molecule has 0 saturated heterocycles. The molecule has 0 unspecified atom stereocenters. The standard InChI is InChI=1S/C8H14BrN3/c1-12-7(9)6-11-8(12)4-2-3-5-10/h6H,2-5,10H2,1H3. The molecule has 0 spiro atoms. The number of nitrogens with two attached hydrogens (primary N) is 1. The van der Waals surface area contributed by atoms with Gasteiger partial charge in [-0.3, -0.25) is 0 Å². The van der Waals surface area contributed by atoms with Crippen molar-refractivity contribution < 1.29 is 0 Å². The van der Waals surface area contributed by atoms with Crippen LogP contribution in [-0.4, -0.2) is 16.1 Å². The molecule has 0 aliphatic rings. The lowest BCUT2D eigenvalue weighted by atomic mass is 10.2. The first-order chi connectivity index (χ1) is 5.75. The Morgan fingerprint density at radius 1 is 1.58 bits per heavy atom. The summed E-state index contributed by atoms with van der Waals surface area (Å²) in [6.45, 7) is 0.769. The van der Waals surface area contributed by atoms with Crippen molar-refractivity contribution in [3.8, 4) is 0 Å². The second-order valence-corrected chi connectivity index (χ2v) is 3.61. The van der Waals surface area contributed by atoms with Gasteiger partial charge in [-0.1, -0.05) is 0 Å². The van der Waals surface area contributed by atoms with Crippen molar-refractivity contribution in [1.29, 1.82) is 0 Å². The largest absolute Gasteiger partial charge is 0.330 e. The zero-order chi connectivity index (χ0) is 8.97. The molecule has 0 aliphatic heterocycles. The molecule has 0 aromatic carbocycles. The Balaban J connectivity index is 2.46. The second-order valence-electron chi connectivity index (χ2n) is 2.80. The molecular formula is C8H14BrN3. The summed E-state index contributed by atoms with van der Waals surface area (Å²) in [4.78, 5) is 4.26. The fourth-order valence-electron chi connectivity index (χ4n) is 1.08. The molecule has 1 heterocycles. The number of nitrogens with zero attached hydrogens (tertiary/aromatic N) is 2. The summed E-state index contributed by atoms with van der Waals surface area (Å²) in [6.07, 6.45) is 5.04. The fourth-order valence-corrected chi connectivity index (χ4v) is 1.39. The van der Waals surface area contributed by atoms with Crippen LogP contribution in [0, 0.1) is 0 Å². The summed E-state index contributed by atoms with van der Waals surface area (Å²) < 4.78 is 3.08. The molecular weight excluding hydrogens is 218 g/mol. The van der Waals surface area contributed by atoms with Crippen LogP contribution in [0.5, 0.6) is 0 Å². The second kappa shape index (κ2) is 4.62. The third-order valence-corrected chi connectivity index (χ3v) is 2.62. The summed E-state index contributed by atoms with van der Waals surface area (Å²) in [6, 6.07) is 0. The highest BCUT2D eigenvalue weighted by atomic mass is 79.9. The Hall–Kier alpha value is -0.350. The van der Waals surface area contributed by atoms with Crippen LogP contribution in [-0.2, 0) is 13.5 Å². The van der Waals surface area contributed by atoms with E-state index >= 15 is 0 Å². The molecule has 2 N–H and O–H groups in total. The Morgan fingerprint density at radius 2 is 2.33 bits per heavy atom. The van der Waals surface area contributed by atoms with E-state index in [1.165, 1.54) is 0 Å². The third-order valence-electron chi connectivity index (χ3n) is 1.88. The Morgan fingerprint density at radius 3 is 2.83 bits per heavy atom. The molecule has 1 rings (SSSR count). The molecule has 0 radical (unpaired) electrons. The van der Waals surface area contributed by atoms with Gasteiger partial charge in [0, 0.05) is 13.5 Å². The van der Waals surface area contributed by atoms with Gasteiger partial charge in [-0.05, 0) is 35.3 Å². The maximum Gasteiger partial charge on any atom is 0.109 e. The van der Waals surface area contributed by atoms with Crippen LogP contribution in [0.3, 0.4) is 0 Å². The van der Waals surface area contributed by atoms with E-state index in [-0.39, 0.29) is 0 Å². The van der Waals surface area contributed by atoms with Crippen molar-refractivity contribution in [3.63, 3.8) is 0 Å². The fraction of sp³-hybridized carbons (Fsp3) is 0.625. The van der Waals surface area contributed by atoms with Crippen molar-refractivity contribution in [2.45, 2.75) is 19.3 Å². The van der Waals surface area contributed by atoms with Crippen molar-refractivity contribution in [3.05, 3.63) is 16.6 Å². The SMILES string of the molecule is Cn1c(Br)cnc1CCCCN. The van der Waals surface area contributed by atoms with E-state index in [1.54, 1.807) is 0 Å². The van der Waals surface area contributed by atoms with E-state index in [9.17, 15) is 0 Å². The lowest BCUT2D eigenvalue weighted by Gasteiger charge is -2.01. The smallest absolute Gasteiger partial charge is 0.109 e. The highest BCUT2D eigenvalue weighted by Crippen LogP contribution is 2.11. The van der Waals surface area contributed by atoms with Crippen LogP contribution in [0.25, 0.3) is 0 Å². The molecule has 3 nitrogen and oxygen atoms in total. The zero-order valence-corrected chi connectivity index (χ0v) is 8.84. The van der Waals surface area contributed by atoms with E-state index in [1.807, 2.05) is 13.2 Å². The van der Waals surface area contributed by atoms with Crippen LogP contribution in [0.15, 0.2) is 10.8 Å². The quantitative estimate of drug-likeness (QED) is 0.798. The average Bonchev–Trinajstić information content (AvgIpc) is 2.36. The minimum absolute atomic E-state index is 0.769. The first-order valence-corrected chi connectivity index (χ1v) is 4.91. The van der Waals surface area contributed by atoms with Crippen LogP contribution in [0.4, 0.5) is 0 Å². The average molecular weight is 232 g/mol. The number of rotatable bonds is 4. The molecule has 68 valence electrons. The highest BCUT2D eigenvalue weighted by Gasteiger charge is 2.02. The predicted octanol–water partition coefficient (Wildman–Crippen LogP) is 1.46. The molecule has 0 saturated carbocycles. The first-order valence-electron chi connectivity index (χ1n) is 4.12. The van der Waals surface area contributed by atoms with E-state index in [2.05, 4.69) is 25.5 Å². The van der Waals surface area contributed by atoms with Gasteiger partial charge in [0.15, 0.2) is 0 Å². The molecule has 0 amide bonds. The van der Waals surface area contributed by atoms with Crippen LogP contribution in [0.1, 0.15) is 18.7 Å². The van der Waals surface area contributed by atoms with Crippen molar-refractivity contribution in [1.82, 2.24) is 9.55 Å². The minimum Gasteiger partial charge on any atom is -0.330 e. The van der Waals surface area contributed by atoms with Gasteiger partial charge < -0.3 is 10.3 Å². The maximum atomic E-state index is 5.40. The molecule has 0 fully saturated rings. The van der Waals surface area contributed by atoms with Gasteiger partial charge in [-0.2, -0.15) is 0 Å². The van der Waals surface area contributed by atoms with E-state index in [4.69, 9.17) is 5.73 Å². The summed E-state index contributed by atoms with van der Waals surface area (Å²) in [7, 11) is 2.01. The number of hydrogen-bond donors (Lipinski definition) is 1. The summed E-state index contributed by atoms with van der Waals surface area (Å²) in [5.74, 6) is 1.12. The molecule has 4 heteroatoms. The first kappa shape index (κ1) is 9.74. The van der Waals surface area contributed by atoms with Gasteiger partial charge in [-0.15, -0.1) is 0 Å². The van der Waals surface area contributed by atoms with Crippen molar-refractivity contribution in [2.24, 2.45) is 12.8 Å². The topological polar surface area (TPSA) is 43.8 Å². The van der Waals surface area contributed by atoms with Gasteiger partial charge in [0.1, 0.15) is 10.4 Å². The number of aromatic nitrogens is 2. The van der Waals surface area contributed by atoms with Crippen molar-refractivity contribution in [2.75, 3.05) is 6.54 Å². The monoisotopic (exact) mass is 231 g/mol. The maximum absolute atomic E-state index is 5.40. The number of hydrogen-bond acceptors (Lipinski definition) is 2. The molecule has 0 bridgehead atoms. The van der Waals surface area contributed by atoms with Crippen LogP contribution in [0.2, 0.25) is 0 Å². The molecule has 0 aliphatic carbocycles. The van der Waals surface area contributed by atoms with Crippen LogP contribution < -0.4 is 5.73 Å². The highest BCUT2D eigenvalue weighted by molar-refractivity contribution is 9.10. The Labute approximate surface area is 81.1 Å². The van der Waals surface area contributed by atoms with Gasteiger partial charge in [0.2, 0.25) is 0 Å². The van der Waals surface area contributed by atoms with E-state index in [0.717, 1.165) is 36.2 Å². The molecule has 1 aromatic heterocycles. The Bertz CT molecular complexity index is 244. The number of unbranched alkanes of at least 4 members (excludes halogenated alkanes) is 1. The van der Waals surface area contributed by atoms with Gasteiger partial charge >= 0.3 is 0 Å². The van der Waals surface area contributed by atoms with Gasteiger partial charge in [0.25, 0.3) is 0 Å². The number of halogens is 1. The molecule has 1 aromatic rings. The summed E-state index contributed by atoms with van der Waals surface area (Å²) >= 11 is 3.40. The number of imidazole rings is 1. The van der Waals surface area contributed by atoms with Crippen LogP contribution >= 0.6 is 15.9 Å². The third kappa shape index (κ3) is 2.32. The predicted molar refractivity (Wildman–Crippen MR) is 52.9 cm³/mol. The molecule has 12 heavy (non-hydrogen) atoms. The molecule has 0 atom stereocenters. The van der Waals surface area contributed by atoms with E-state index < -0.39 is 0 Å². The normalized spacial score (nSPS) is 10.6. The zero-order valence-electron chi connectivity index (χ0n) is 7.26. The summed E-state index contributed by atoms with van der Waals surface area (Å²) in [5.41, 5.74) is 5.40.